The summed E-state index contributed by atoms with van der Waals surface area (Å²) < 4.78 is 7.44. The maximum absolute atomic E-state index is 5.68. The first-order chi connectivity index (χ1) is 6.61. The third kappa shape index (κ3) is 1.96. The third-order valence-corrected chi connectivity index (χ3v) is 2.47. The lowest BCUT2D eigenvalue weighted by Gasteiger charge is -2.15. The van der Waals surface area contributed by atoms with E-state index in [2.05, 4.69) is 5.10 Å². The molecule has 80 valence electrons. The summed E-state index contributed by atoms with van der Waals surface area (Å²) in [5.74, 6) is 0. The first-order valence-corrected chi connectivity index (χ1v) is 4.93. The zero-order valence-electron chi connectivity index (χ0n) is 9.37. The average Bonchev–Trinajstić information content (AvgIpc) is 2.39. The number of hydrogen-bond donors (Lipinski definition) is 1. The Morgan fingerprint density at radius 1 is 1.50 bits per heavy atom. The van der Waals surface area contributed by atoms with E-state index in [4.69, 9.17) is 10.5 Å². The molecule has 0 aliphatic carbocycles. The van der Waals surface area contributed by atoms with Crippen LogP contribution >= 0.6 is 0 Å². The molecule has 0 saturated heterocycles. The SMILES string of the molecule is CCOC(CN)c1c(C)nn(C)c1C. The molecular formula is C10H19N3O. The summed E-state index contributed by atoms with van der Waals surface area (Å²) in [5.41, 5.74) is 8.95. The largest absolute Gasteiger partial charge is 0.372 e. The van der Waals surface area contributed by atoms with Crippen LogP contribution in [0.15, 0.2) is 0 Å². The molecule has 1 atom stereocenters. The molecule has 0 saturated carbocycles. The van der Waals surface area contributed by atoms with Crippen LogP contribution in [0.25, 0.3) is 0 Å². The Morgan fingerprint density at radius 2 is 2.14 bits per heavy atom. The van der Waals surface area contributed by atoms with Gasteiger partial charge in [-0.3, -0.25) is 4.68 Å². The highest BCUT2D eigenvalue weighted by Crippen LogP contribution is 2.23. The number of ether oxygens (including phenoxy) is 1. The average molecular weight is 197 g/mol. The second-order valence-electron chi connectivity index (χ2n) is 3.39. The standard InChI is InChI=1S/C10H19N3O/c1-5-14-9(6-11)10-7(2)12-13(4)8(10)3/h9H,5-6,11H2,1-4H3. The minimum Gasteiger partial charge on any atom is -0.372 e. The van der Waals surface area contributed by atoms with Gasteiger partial charge in [0.1, 0.15) is 0 Å². The van der Waals surface area contributed by atoms with E-state index < -0.39 is 0 Å². The molecule has 1 unspecified atom stereocenters. The molecule has 4 nitrogen and oxygen atoms in total. The number of aromatic nitrogens is 2. The van der Waals surface area contributed by atoms with E-state index in [0.717, 1.165) is 17.0 Å². The molecule has 0 fully saturated rings. The van der Waals surface area contributed by atoms with Gasteiger partial charge in [-0.05, 0) is 20.8 Å². The van der Waals surface area contributed by atoms with Gasteiger partial charge in [-0.15, -0.1) is 0 Å². The van der Waals surface area contributed by atoms with E-state index >= 15 is 0 Å². The van der Waals surface area contributed by atoms with Gasteiger partial charge in [-0.1, -0.05) is 0 Å². The zero-order valence-corrected chi connectivity index (χ0v) is 9.37. The van der Waals surface area contributed by atoms with Gasteiger partial charge in [0.05, 0.1) is 11.8 Å². The number of hydrogen-bond acceptors (Lipinski definition) is 3. The minimum atomic E-state index is -0.0197. The molecule has 0 aromatic carbocycles. The topological polar surface area (TPSA) is 53.1 Å². The van der Waals surface area contributed by atoms with E-state index in [1.165, 1.54) is 0 Å². The van der Waals surface area contributed by atoms with Gasteiger partial charge < -0.3 is 10.5 Å². The van der Waals surface area contributed by atoms with Crippen LogP contribution in [0, 0.1) is 13.8 Å². The van der Waals surface area contributed by atoms with E-state index in [0.29, 0.717) is 13.2 Å². The molecule has 0 amide bonds. The van der Waals surface area contributed by atoms with Crippen LogP contribution in [0.1, 0.15) is 30.0 Å². The Kier molecular flexibility index (Phi) is 3.66. The third-order valence-electron chi connectivity index (χ3n) is 2.47. The molecule has 1 aromatic rings. The molecule has 1 aromatic heterocycles. The monoisotopic (exact) mass is 197 g/mol. The van der Waals surface area contributed by atoms with Gasteiger partial charge in [0.25, 0.3) is 0 Å². The van der Waals surface area contributed by atoms with Crippen molar-refractivity contribution >= 4 is 0 Å². The second-order valence-corrected chi connectivity index (χ2v) is 3.39. The molecule has 0 bridgehead atoms. The van der Waals surface area contributed by atoms with Crippen LogP contribution < -0.4 is 5.73 Å². The van der Waals surface area contributed by atoms with Gasteiger partial charge >= 0.3 is 0 Å². The van der Waals surface area contributed by atoms with Crippen LogP contribution in [0.5, 0.6) is 0 Å². The van der Waals surface area contributed by atoms with Crippen molar-refractivity contribution in [3.05, 3.63) is 17.0 Å². The Balaban J connectivity index is 3.02. The molecule has 4 heteroatoms. The van der Waals surface area contributed by atoms with Crippen LogP contribution in [-0.2, 0) is 11.8 Å². The maximum atomic E-state index is 5.68. The molecule has 0 aliphatic heterocycles. The lowest BCUT2D eigenvalue weighted by Crippen LogP contribution is -2.17. The van der Waals surface area contributed by atoms with Gasteiger partial charge in [0, 0.05) is 31.5 Å². The summed E-state index contributed by atoms with van der Waals surface area (Å²) in [6.45, 7) is 7.18. The maximum Gasteiger partial charge on any atom is 0.0982 e. The first kappa shape index (κ1) is 11.2. The number of aryl methyl sites for hydroxylation is 2. The Bertz CT molecular complexity index is 307. The highest BCUT2D eigenvalue weighted by atomic mass is 16.5. The molecule has 2 N–H and O–H groups in total. The lowest BCUT2D eigenvalue weighted by molar-refractivity contribution is 0.0679. The minimum absolute atomic E-state index is 0.0197. The van der Waals surface area contributed by atoms with Gasteiger partial charge in [0.15, 0.2) is 0 Å². The smallest absolute Gasteiger partial charge is 0.0982 e. The van der Waals surface area contributed by atoms with E-state index in [1.807, 2.05) is 32.5 Å². The molecule has 1 heterocycles. The van der Waals surface area contributed by atoms with E-state index in [9.17, 15) is 0 Å². The number of nitrogens with two attached hydrogens (primary N) is 1. The predicted molar refractivity (Wildman–Crippen MR) is 56.1 cm³/mol. The molecular weight excluding hydrogens is 178 g/mol. The van der Waals surface area contributed by atoms with Crippen molar-refractivity contribution in [3.63, 3.8) is 0 Å². The van der Waals surface area contributed by atoms with Crippen LogP contribution in [0.3, 0.4) is 0 Å². The van der Waals surface area contributed by atoms with E-state index in [1.54, 1.807) is 0 Å². The lowest BCUT2D eigenvalue weighted by atomic mass is 10.1. The van der Waals surface area contributed by atoms with Gasteiger partial charge in [-0.2, -0.15) is 5.10 Å². The van der Waals surface area contributed by atoms with Gasteiger partial charge in [-0.25, -0.2) is 0 Å². The van der Waals surface area contributed by atoms with Crippen molar-refractivity contribution in [2.24, 2.45) is 12.8 Å². The van der Waals surface area contributed by atoms with Crippen LogP contribution in [0.2, 0.25) is 0 Å². The van der Waals surface area contributed by atoms with Crippen molar-refractivity contribution in [2.75, 3.05) is 13.2 Å². The molecule has 0 aliphatic rings. The van der Waals surface area contributed by atoms with Crippen molar-refractivity contribution in [2.45, 2.75) is 26.9 Å². The molecule has 0 radical (unpaired) electrons. The fraction of sp³-hybridized carbons (Fsp3) is 0.700. The number of rotatable bonds is 4. The van der Waals surface area contributed by atoms with Gasteiger partial charge in [0.2, 0.25) is 0 Å². The number of nitrogens with zero attached hydrogens (tertiary/aromatic N) is 2. The summed E-state index contributed by atoms with van der Waals surface area (Å²) >= 11 is 0. The van der Waals surface area contributed by atoms with Crippen molar-refractivity contribution in [1.29, 1.82) is 0 Å². The quantitative estimate of drug-likeness (QED) is 0.785. The first-order valence-electron chi connectivity index (χ1n) is 4.93. The van der Waals surface area contributed by atoms with Crippen molar-refractivity contribution in [3.8, 4) is 0 Å². The fourth-order valence-corrected chi connectivity index (χ4v) is 1.73. The summed E-state index contributed by atoms with van der Waals surface area (Å²) in [7, 11) is 1.94. The van der Waals surface area contributed by atoms with Crippen molar-refractivity contribution in [1.82, 2.24) is 9.78 Å². The molecule has 0 spiro atoms. The highest BCUT2D eigenvalue weighted by Gasteiger charge is 2.18. The van der Waals surface area contributed by atoms with Crippen LogP contribution in [0.4, 0.5) is 0 Å². The normalized spacial score (nSPS) is 13.2. The molecule has 14 heavy (non-hydrogen) atoms. The van der Waals surface area contributed by atoms with Crippen LogP contribution in [-0.4, -0.2) is 22.9 Å². The highest BCUT2D eigenvalue weighted by molar-refractivity contribution is 5.27. The Morgan fingerprint density at radius 3 is 2.50 bits per heavy atom. The van der Waals surface area contributed by atoms with Crippen molar-refractivity contribution < 1.29 is 4.74 Å². The second kappa shape index (κ2) is 4.57. The Hall–Kier alpha value is -0.870. The summed E-state index contributed by atoms with van der Waals surface area (Å²) in [6, 6.07) is 0. The predicted octanol–water partition coefficient (Wildman–Crippen LogP) is 1.07. The summed E-state index contributed by atoms with van der Waals surface area (Å²) in [4.78, 5) is 0. The van der Waals surface area contributed by atoms with E-state index in [-0.39, 0.29) is 6.10 Å². The Labute approximate surface area is 85.0 Å². The summed E-state index contributed by atoms with van der Waals surface area (Å²) in [5, 5.41) is 4.34. The molecule has 1 rings (SSSR count). The zero-order chi connectivity index (χ0) is 10.7. The summed E-state index contributed by atoms with van der Waals surface area (Å²) in [6.07, 6.45) is -0.0197. The fourth-order valence-electron chi connectivity index (χ4n) is 1.73.